The number of hydrogen-bond acceptors (Lipinski definition) is 2. The maximum absolute atomic E-state index is 6.16. The van der Waals surface area contributed by atoms with Crippen molar-refractivity contribution in [3.05, 3.63) is 78.4 Å². The van der Waals surface area contributed by atoms with Crippen molar-refractivity contribution in [2.75, 3.05) is 11.1 Å². The molecule has 104 valence electrons. The highest BCUT2D eigenvalue weighted by Crippen LogP contribution is 2.32. The number of nitrogens with two attached hydrogens (primary N) is 1. The molecule has 0 fully saturated rings. The van der Waals surface area contributed by atoms with Gasteiger partial charge in [0, 0.05) is 11.3 Å². The highest BCUT2D eigenvalue weighted by Gasteiger charge is 2.07. The molecule has 0 heterocycles. The zero-order chi connectivity index (χ0) is 14.7. The summed E-state index contributed by atoms with van der Waals surface area (Å²) in [6.45, 7) is 2.02. The molecule has 0 amide bonds. The molecule has 0 saturated heterocycles. The Bertz CT molecular complexity index is 749. The van der Waals surface area contributed by atoms with Crippen LogP contribution in [-0.2, 0) is 0 Å². The molecule has 0 aliphatic heterocycles. The van der Waals surface area contributed by atoms with E-state index in [1.807, 2.05) is 55.5 Å². The topological polar surface area (TPSA) is 38.0 Å². The van der Waals surface area contributed by atoms with Gasteiger partial charge in [0.05, 0.1) is 11.4 Å². The molecule has 0 aliphatic rings. The first-order valence-electron chi connectivity index (χ1n) is 7.02. The summed E-state index contributed by atoms with van der Waals surface area (Å²) >= 11 is 0. The van der Waals surface area contributed by atoms with Crippen LogP contribution in [0.4, 0.5) is 17.1 Å². The van der Waals surface area contributed by atoms with Crippen LogP contribution < -0.4 is 11.1 Å². The first kappa shape index (κ1) is 13.3. The Kier molecular flexibility index (Phi) is 3.61. The molecule has 3 aromatic carbocycles. The lowest BCUT2D eigenvalue weighted by atomic mass is 10.0. The van der Waals surface area contributed by atoms with E-state index in [4.69, 9.17) is 5.73 Å². The number of hydrogen-bond donors (Lipinski definition) is 2. The zero-order valence-corrected chi connectivity index (χ0v) is 12.0. The SMILES string of the molecule is Cc1cccc(Nc2ccccc2-c2ccccc2)c1N. The standard InChI is InChI=1S/C19H18N2/c1-14-8-7-13-18(19(14)20)21-17-12-6-5-11-16(17)15-9-3-2-4-10-15/h2-13,21H,20H2,1H3. The minimum absolute atomic E-state index is 0.792. The van der Waals surface area contributed by atoms with Crippen molar-refractivity contribution < 1.29 is 0 Å². The Morgan fingerprint density at radius 3 is 2.19 bits per heavy atom. The van der Waals surface area contributed by atoms with E-state index in [1.54, 1.807) is 0 Å². The molecule has 0 bridgehead atoms. The minimum Gasteiger partial charge on any atom is -0.397 e. The average molecular weight is 274 g/mol. The van der Waals surface area contributed by atoms with Gasteiger partial charge < -0.3 is 11.1 Å². The average Bonchev–Trinajstić information content (AvgIpc) is 2.53. The Morgan fingerprint density at radius 2 is 1.38 bits per heavy atom. The molecule has 3 rings (SSSR count). The van der Waals surface area contributed by atoms with Gasteiger partial charge in [-0.15, -0.1) is 0 Å². The number of anilines is 3. The van der Waals surface area contributed by atoms with E-state index in [2.05, 4.69) is 29.6 Å². The van der Waals surface area contributed by atoms with Crippen LogP contribution in [0.3, 0.4) is 0 Å². The molecule has 0 aromatic heterocycles. The normalized spacial score (nSPS) is 10.3. The van der Waals surface area contributed by atoms with Gasteiger partial charge in [0.1, 0.15) is 0 Å². The van der Waals surface area contributed by atoms with Crippen LogP contribution in [0.2, 0.25) is 0 Å². The summed E-state index contributed by atoms with van der Waals surface area (Å²) < 4.78 is 0. The number of nitrogens with one attached hydrogen (secondary N) is 1. The van der Waals surface area contributed by atoms with Crippen molar-refractivity contribution in [3.63, 3.8) is 0 Å². The van der Waals surface area contributed by atoms with Crippen molar-refractivity contribution in [1.29, 1.82) is 0 Å². The maximum atomic E-state index is 6.16. The van der Waals surface area contributed by atoms with Crippen LogP contribution in [0.25, 0.3) is 11.1 Å². The zero-order valence-electron chi connectivity index (χ0n) is 12.0. The highest BCUT2D eigenvalue weighted by atomic mass is 14.9. The molecule has 0 radical (unpaired) electrons. The third-order valence-electron chi connectivity index (χ3n) is 3.61. The second kappa shape index (κ2) is 5.71. The van der Waals surface area contributed by atoms with Crippen LogP contribution >= 0.6 is 0 Å². The first-order chi connectivity index (χ1) is 10.3. The third kappa shape index (κ3) is 2.75. The van der Waals surface area contributed by atoms with E-state index in [1.165, 1.54) is 11.1 Å². The number of rotatable bonds is 3. The van der Waals surface area contributed by atoms with E-state index in [-0.39, 0.29) is 0 Å². The van der Waals surface area contributed by atoms with Gasteiger partial charge in [0.25, 0.3) is 0 Å². The van der Waals surface area contributed by atoms with Crippen LogP contribution in [-0.4, -0.2) is 0 Å². The van der Waals surface area contributed by atoms with Gasteiger partial charge in [-0.1, -0.05) is 60.7 Å². The number of nitrogen functional groups attached to an aromatic ring is 1. The lowest BCUT2D eigenvalue weighted by Crippen LogP contribution is -1.99. The minimum atomic E-state index is 0.792. The highest BCUT2D eigenvalue weighted by molar-refractivity contribution is 5.84. The molecule has 3 aromatic rings. The summed E-state index contributed by atoms with van der Waals surface area (Å²) in [6, 6.07) is 24.6. The van der Waals surface area contributed by atoms with Gasteiger partial charge in [0.2, 0.25) is 0 Å². The molecule has 21 heavy (non-hydrogen) atoms. The van der Waals surface area contributed by atoms with Crippen molar-refractivity contribution in [2.24, 2.45) is 0 Å². The number of para-hydroxylation sites is 2. The summed E-state index contributed by atoms with van der Waals surface area (Å²) in [5.41, 5.74) is 12.4. The Morgan fingerprint density at radius 1 is 0.714 bits per heavy atom. The predicted molar refractivity (Wildman–Crippen MR) is 90.8 cm³/mol. The molecule has 3 N–H and O–H groups in total. The fourth-order valence-corrected chi connectivity index (χ4v) is 2.40. The van der Waals surface area contributed by atoms with Gasteiger partial charge in [0.15, 0.2) is 0 Å². The van der Waals surface area contributed by atoms with Crippen molar-refractivity contribution in [1.82, 2.24) is 0 Å². The predicted octanol–water partition coefficient (Wildman–Crippen LogP) is 4.99. The molecular weight excluding hydrogens is 256 g/mol. The van der Waals surface area contributed by atoms with Crippen molar-refractivity contribution >= 4 is 17.1 Å². The molecule has 0 aliphatic carbocycles. The van der Waals surface area contributed by atoms with Crippen LogP contribution in [0.15, 0.2) is 72.8 Å². The Balaban J connectivity index is 2.02. The van der Waals surface area contributed by atoms with Crippen molar-refractivity contribution in [2.45, 2.75) is 6.92 Å². The Hall–Kier alpha value is -2.74. The van der Waals surface area contributed by atoms with Crippen LogP contribution in [0.1, 0.15) is 5.56 Å². The van der Waals surface area contributed by atoms with Gasteiger partial charge in [-0.3, -0.25) is 0 Å². The summed E-state index contributed by atoms with van der Waals surface area (Å²) in [7, 11) is 0. The molecule has 0 unspecified atom stereocenters. The molecule has 0 atom stereocenters. The van der Waals surface area contributed by atoms with E-state index >= 15 is 0 Å². The van der Waals surface area contributed by atoms with Crippen molar-refractivity contribution in [3.8, 4) is 11.1 Å². The molecule has 0 spiro atoms. The third-order valence-corrected chi connectivity index (χ3v) is 3.61. The number of aryl methyl sites for hydroxylation is 1. The molecular formula is C19H18N2. The largest absolute Gasteiger partial charge is 0.397 e. The second-order valence-corrected chi connectivity index (χ2v) is 5.07. The molecule has 2 nitrogen and oxygen atoms in total. The first-order valence-corrected chi connectivity index (χ1v) is 7.02. The second-order valence-electron chi connectivity index (χ2n) is 5.07. The van der Waals surface area contributed by atoms with Gasteiger partial charge in [-0.05, 0) is 30.2 Å². The maximum Gasteiger partial charge on any atom is 0.0620 e. The summed E-state index contributed by atoms with van der Waals surface area (Å²) in [5.74, 6) is 0. The fraction of sp³-hybridized carbons (Fsp3) is 0.0526. The van der Waals surface area contributed by atoms with Crippen LogP contribution in [0.5, 0.6) is 0 Å². The fourth-order valence-electron chi connectivity index (χ4n) is 2.40. The lowest BCUT2D eigenvalue weighted by Gasteiger charge is -2.15. The van der Waals surface area contributed by atoms with E-state index in [9.17, 15) is 0 Å². The summed E-state index contributed by atoms with van der Waals surface area (Å²) in [5, 5.41) is 3.46. The molecule has 2 heteroatoms. The lowest BCUT2D eigenvalue weighted by molar-refractivity contribution is 1.45. The summed E-state index contributed by atoms with van der Waals surface area (Å²) in [4.78, 5) is 0. The van der Waals surface area contributed by atoms with E-state index in [0.29, 0.717) is 0 Å². The monoisotopic (exact) mass is 274 g/mol. The summed E-state index contributed by atoms with van der Waals surface area (Å²) in [6.07, 6.45) is 0. The van der Waals surface area contributed by atoms with Gasteiger partial charge in [-0.25, -0.2) is 0 Å². The Labute approximate surface area is 125 Å². The quantitative estimate of drug-likeness (QED) is 0.660. The number of benzene rings is 3. The van der Waals surface area contributed by atoms with Gasteiger partial charge >= 0.3 is 0 Å². The van der Waals surface area contributed by atoms with Gasteiger partial charge in [-0.2, -0.15) is 0 Å². The smallest absolute Gasteiger partial charge is 0.0620 e. The van der Waals surface area contributed by atoms with E-state index in [0.717, 1.165) is 22.6 Å². The van der Waals surface area contributed by atoms with Crippen LogP contribution in [0, 0.1) is 6.92 Å². The molecule has 0 saturated carbocycles. The van der Waals surface area contributed by atoms with E-state index < -0.39 is 0 Å².